The molecule has 5 heteroatoms. The first-order chi connectivity index (χ1) is 8.13. The minimum atomic E-state index is -0.937. The van der Waals surface area contributed by atoms with Crippen molar-refractivity contribution < 1.29 is 15.0 Å². The molecule has 1 atom stereocenters. The molecule has 4 nitrogen and oxygen atoms in total. The number of aliphatic hydroxyl groups is 2. The number of hydrogen-bond acceptors (Lipinski definition) is 3. The highest BCUT2D eigenvalue weighted by Gasteiger charge is 2.03. The first kappa shape index (κ1) is 13.7. The zero-order chi connectivity index (χ0) is 12.7. The molecule has 1 unspecified atom stereocenters. The predicted octanol–water partition coefficient (Wildman–Crippen LogP) is 0.823. The molecule has 0 fully saturated rings. The molecular weight excluding hydrogens is 242 g/mol. The third-order valence-corrected chi connectivity index (χ3v) is 2.39. The van der Waals surface area contributed by atoms with Crippen LogP contribution >= 0.6 is 11.6 Å². The van der Waals surface area contributed by atoms with Gasteiger partial charge in [-0.1, -0.05) is 29.8 Å². The SMILES string of the molecule is O=C(C=Cc1ccccc1Cl)NCC(O)CO. The maximum absolute atomic E-state index is 11.3. The molecule has 1 amide bonds. The van der Waals surface area contributed by atoms with Crippen LogP contribution in [-0.2, 0) is 4.79 Å². The van der Waals surface area contributed by atoms with Crippen molar-refractivity contribution in [2.75, 3.05) is 13.2 Å². The number of aliphatic hydroxyl groups excluding tert-OH is 2. The van der Waals surface area contributed by atoms with Gasteiger partial charge in [-0.05, 0) is 17.7 Å². The zero-order valence-corrected chi connectivity index (χ0v) is 9.89. The van der Waals surface area contributed by atoms with Gasteiger partial charge in [-0.15, -0.1) is 0 Å². The van der Waals surface area contributed by atoms with Crippen LogP contribution in [0.25, 0.3) is 6.08 Å². The molecule has 0 aromatic heterocycles. The molecule has 3 N–H and O–H groups in total. The van der Waals surface area contributed by atoms with Gasteiger partial charge in [0, 0.05) is 17.6 Å². The average molecular weight is 256 g/mol. The van der Waals surface area contributed by atoms with E-state index in [0.717, 1.165) is 5.56 Å². The van der Waals surface area contributed by atoms with Crippen LogP contribution in [0.5, 0.6) is 0 Å². The van der Waals surface area contributed by atoms with Gasteiger partial charge < -0.3 is 15.5 Å². The van der Waals surface area contributed by atoms with Gasteiger partial charge in [0.1, 0.15) is 0 Å². The summed E-state index contributed by atoms with van der Waals surface area (Å²) in [6.07, 6.45) is 1.97. The minimum absolute atomic E-state index is 0.0161. The molecule has 0 aliphatic heterocycles. The number of carbonyl (C=O) groups is 1. The Kier molecular flexibility index (Phi) is 5.69. The van der Waals surface area contributed by atoms with Gasteiger partial charge in [-0.3, -0.25) is 4.79 Å². The number of nitrogens with one attached hydrogen (secondary N) is 1. The van der Waals surface area contributed by atoms with Gasteiger partial charge in [0.2, 0.25) is 5.91 Å². The van der Waals surface area contributed by atoms with Crippen LogP contribution < -0.4 is 5.32 Å². The van der Waals surface area contributed by atoms with Gasteiger partial charge in [-0.25, -0.2) is 0 Å². The molecule has 0 saturated heterocycles. The fourth-order valence-electron chi connectivity index (χ4n) is 1.12. The lowest BCUT2D eigenvalue weighted by Gasteiger charge is -2.06. The molecule has 0 radical (unpaired) electrons. The number of benzene rings is 1. The smallest absolute Gasteiger partial charge is 0.244 e. The second kappa shape index (κ2) is 7.06. The van der Waals surface area contributed by atoms with Crippen molar-refractivity contribution in [3.05, 3.63) is 40.9 Å². The molecule has 0 aliphatic carbocycles. The minimum Gasteiger partial charge on any atom is -0.394 e. The van der Waals surface area contributed by atoms with Crippen molar-refractivity contribution >= 4 is 23.6 Å². The number of halogens is 1. The molecule has 0 heterocycles. The summed E-state index contributed by atoms with van der Waals surface area (Å²) in [5.41, 5.74) is 0.743. The lowest BCUT2D eigenvalue weighted by atomic mass is 10.2. The maximum atomic E-state index is 11.3. The Morgan fingerprint density at radius 2 is 2.18 bits per heavy atom. The predicted molar refractivity (Wildman–Crippen MR) is 66.6 cm³/mol. The monoisotopic (exact) mass is 255 g/mol. The molecule has 17 heavy (non-hydrogen) atoms. The molecule has 1 aromatic carbocycles. The molecule has 92 valence electrons. The number of amides is 1. The van der Waals surface area contributed by atoms with Crippen LogP contribution in [0.2, 0.25) is 5.02 Å². The van der Waals surface area contributed by atoms with E-state index in [2.05, 4.69) is 5.32 Å². The van der Waals surface area contributed by atoms with Gasteiger partial charge in [0.15, 0.2) is 0 Å². The Bertz CT molecular complexity index is 406. The van der Waals surface area contributed by atoms with E-state index in [1.54, 1.807) is 24.3 Å². The molecule has 0 aliphatic rings. The Balaban J connectivity index is 2.49. The third kappa shape index (κ3) is 4.99. The van der Waals surface area contributed by atoms with Crippen LogP contribution in [0.1, 0.15) is 5.56 Å². The van der Waals surface area contributed by atoms with Crippen LogP contribution in [0.3, 0.4) is 0 Å². The first-order valence-corrected chi connectivity index (χ1v) is 5.50. The summed E-state index contributed by atoms with van der Waals surface area (Å²) in [5.74, 6) is -0.350. The van der Waals surface area contributed by atoms with Crippen molar-refractivity contribution in [2.24, 2.45) is 0 Å². The van der Waals surface area contributed by atoms with Crippen LogP contribution in [0.15, 0.2) is 30.3 Å². The van der Waals surface area contributed by atoms with Gasteiger partial charge in [-0.2, -0.15) is 0 Å². The standard InChI is InChI=1S/C12H14ClNO3/c13-11-4-2-1-3-9(11)5-6-12(17)14-7-10(16)8-15/h1-6,10,15-16H,7-8H2,(H,14,17). The normalized spacial score (nSPS) is 12.6. The molecule has 0 bridgehead atoms. The van der Waals surface area contributed by atoms with Crippen molar-refractivity contribution in [3.8, 4) is 0 Å². The quantitative estimate of drug-likeness (QED) is 0.683. The van der Waals surface area contributed by atoms with Crippen molar-refractivity contribution in [1.29, 1.82) is 0 Å². The van der Waals surface area contributed by atoms with Gasteiger partial charge >= 0.3 is 0 Å². The fraction of sp³-hybridized carbons (Fsp3) is 0.250. The van der Waals surface area contributed by atoms with Crippen LogP contribution in [-0.4, -0.2) is 35.4 Å². The summed E-state index contributed by atoms with van der Waals surface area (Å²) in [7, 11) is 0. The van der Waals surface area contributed by atoms with Gasteiger partial charge in [0.25, 0.3) is 0 Å². The summed E-state index contributed by atoms with van der Waals surface area (Å²) in [4.78, 5) is 11.3. The number of carbonyl (C=O) groups excluding carboxylic acids is 1. The second-order valence-electron chi connectivity index (χ2n) is 3.44. The highest BCUT2D eigenvalue weighted by atomic mass is 35.5. The Labute approximate surface area is 105 Å². The van der Waals surface area contributed by atoms with E-state index in [0.29, 0.717) is 5.02 Å². The molecule has 0 saturated carbocycles. The van der Waals surface area contributed by atoms with E-state index in [1.807, 2.05) is 6.07 Å². The molecular formula is C12H14ClNO3. The van der Waals surface area contributed by atoms with Gasteiger partial charge in [0.05, 0.1) is 12.7 Å². The van der Waals surface area contributed by atoms with E-state index in [9.17, 15) is 4.79 Å². The largest absolute Gasteiger partial charge is 0.394 e. The Hall–Kier alpha value is -1.36. The van der Waals surface area contributed by atoms with Crippen molar-refractivity contribution in [1.82, 2.24) is 5.32 Å². The lowest BCUT2D eigenvalue weighted by Crippen LogP contribution is -2.32. The third-order valence-electron chi connectivity index (χ3n) is 2.04. The van der Waals surface area contributed by atoms with Crippen molar-refractivity contribution in [3.63, 3.8) is 0 Å². The van der Waals surface area contributed by atoms with Crippen LogP contribution in [0, 0.1) is 0 Å². The topological polar surface area (TPSA) is 69.6 Å². The fourth-order valence-corrected chi connectivity index (χ4v) is 1.32. The van der Waals surface area contributed by atoms with E-state index in [-0.39, 0.29) is 19.1 Å². The summed E-state index contributed by atoms with van der Waals surface area (Å²) in [6.45, 7) is -0.364. The second-order valence-corrected chi connectivity index (χ2v) is 3.84. The van der Waals surface area contributed by atoms with E-state index in [1.165, 1.54) is 6.08 Å². The highest BCUT2D eigenvalue weighted by Crippen LogP contribution is 2.15. The summed E-state index contributed by atoms with van der Waals surface area (Å²) >= 11 is 5.90. The molecule has 0 spiro atoms. The molecule has 1 aromatic rings. The molecule has 1 rings (SSSR count). The summed E-state index contributed by atoms with van der Waals surface area (Å²) < 4.78 is 0. The Morgan fingerprint density at radius 3 is 2.82 bits per heavy atom. The highest BCUT2D eigenvalue weighted by molar-refractivity contribution is 6.32. The van der Waals surface area contributed by atoms with Crippen LogP contribution in [0.4, 0.5) is 0 Å². The summed E-state index contributed by atoms with van der Waals surface area (Å²) in [6, 6.07) is 7.14. The number of hydrogen-bond donors (Lipinski definition) is 3. The van der Waals surface area contributed by atoms with Crippen molar-refractivity contribution in [2.45, 2.75) is 6.10 Å². The van der Waals surface area contributed by atoms with E-state index >= 15 is 0 Å². The number of rotatable bonds is 5. The van der Waals surface area contributed by atoms with E-state index < -0.39 is 6.10 Å². The van der Waals surface area contributed by atoms with E-state index in [4.69, 9.17) is 21.8 Å². The first-order valence-electron chi connectivity index (χ1n) is 5.13. The Morgan fingerprint density at radius 1 is 1.47 bits per heavy atom. The summed E-state index contributed by atoms with van der Waals surface area (Å²) in [5, 5.41) is 20.6. The maximum Gasteiger partial charge on any atom is 0.244 e. The zero-order valence-electron chi connectivity index (χ0n) is 9.14. The lowest BCUT2D eigenvalue weighted by molar-refractivity contribution is -0.117. The average Bonchev–Trinajstić information content (AvgIpc) is 2.35.